The molecule has 4 aromatic rings. The maximum atomic E-state index is 13.5. The highest BCUT2D eigenvalue weighted by Crippen LogP contribution is 2.37. The van der Waals surface area contributed by atoms with Crippen molar-refractivity contribution in [2.75, 3.05) is 37.8 Å². The first-order chi connectivity index (χ1) is 27.4. The average Bonchev–Trinajstić information content (AvgIpc) is 3.15. The van der Waals surface area contributed by atoms with Crippen LogP contribution in [0.2, 0.25) is 6.43 Å². The molecule has 2 heterocycles. The maximum absolute atomic E-state index is 13.5. The normalized spacial score (nSPS) is 19.2. The van der Waals surface area contributed by atoms with E-state index >= 15 is 0 Å². The fourth-order valence-electron chi connectivity index (χ4n) is 3.02. The predicted octanol–water partition coefficient (Wildman–Crippen LogP) is 6.24. The van der Waals surface area contributed by atoms with Crippen LogP contribution < -0.4 is 20.1 Å². The number of aromatic nitrogens is 2. The predicted molar refractivity (Wildman–Crippen MR) is 162 cm³/mol. The second kappa shape index (κ2) is 13.6. The smallest absolute Gasteiger partial charge is 0.248 e. The summed E-state index contributed by atoms with van der Waals surface area (Å²) in [5.74, 6) is -3.85. The van der Waals surface area contributed by atoms with E-state index in [0.29, 0.717) is 0 Å². The minimum absolute atomic E-state index is 0.147. The van der Waals surface area contributed by atoms with Crippen molar-refractivity contribution in [3.8, 4) is 17.6 Å². The number of benzene rings is 2. The lowest BCUT2D eigenvalue weighted by atomic mass is 10.1. The van der Waals surface area contributed by atoms with Gasteiger partial charge in [-0.1, -0.05) is 23.7 Å². The standard InChI is InChI=1S/C31H31ClN6O3/c1-5-40-29-16-26-24(15-27(29)37-30(39)10-7-13-38(3)4)31(21(17-33)18-34-26)36-22-11-12-28(25(32)14-22)41-19-23-9-6-8-20(2)35-23/h6-12,14-16,18H,5,13,19H2,1-4H3,(H,34,36)(H,37,39)/b10-7+/i1D3,5D2,6D,7D,8D,9D,10D,11D,12D,14D,15D,16D,18D,19D2/hD. The number of nitrogens with zero attached hydrogens (tertiary/aromatic N) is 4. The van der Waals surface area contributed by atoms with Crippen LogP contribution in [0.25, 0.3) is 10.9 Å². The van der Waals surface area contributed by atoms with Gasteiger partial charge in [0.25, 0.3) is 0 Å². The summed E-state index contributed by atoms with van der Waals surface area (Å²) in [7, 11) is 3.00. The van der Waals surface area contributed by atoms with Crippen LogP contribution in [-0.2, 0) is 11.4 Å². The highest BCUT2D eigenvalue weighted by molar-refractivity contribution is 6.32. The topological polar surface area (TPSA) is 112 Å². The SMILES string of the molecule is [2H]/C(CN(C)C)=C(/[2H])C(=O)N([2H])c1c(OC([2H])([2H])C([2H])([2H])[2H])c([2H])c2nc([2H])c(C#N)c(Nc3c([2H])c([2H])c(OC([2H])([2H])c4nc(C)c([2H])c([2H])c4[2H])c(Cl)c3[2H])c2c1[2H]. The molecule has 0 fully saturated rings. The number of halogens is 1. The number of amides is 1. The largest absolute Gasteiger partial charge is 0.492 e. The molecule has 0 bridgehead atoms. The molecule has 2 aromatic carbocycles. The monoisotopic (exact) mass is 589 g/mol. The first-order valence-electron chi connectivity index (χ1n) is 20.8. The number of carbonyl (C=O) groups is 1. The number of carbonyl (C=O) groups excluding carboxylic acids is 1. The molecule has 0 atom stereocenters. The van der Waals surface area contributed by atoms with Crippen molar-refractivity contribution in [2.24, 2.45) is 0 Å². The Hall–Kier alpha value is -4.65. The summed E-state index contributed by atoms with van der Waals surface area (Å²) in [5.41, 5.74) is -5.25. The van der Waals surface area contributed by atoms with Crippen molar-refractivity contribution in [1.82, 2.24) is 14.9 Å². The average molecular weight is 590 g/mol. The quantitative estimate of drug-likeness (QED) is 0.198. The zero-order chi connectivity index (χ0) is 45.9. The summed E-state index contributed by atoms with van der Waals surface area (Å²) in [4.78, 5) is 22.5. The van der Waals surface area contributed by atoms with Gasteiger partial charge in [-0.2, -0.15) is 5.26 Å². The van der Waals surface area contributed by atoms with E-state index in [1.165, 1.54) is 25.9 Å². The van der Waals surface area contributed by atoms with Gasteiger partial charge in [0.05, 0.1) is 60.3 Å². The summed E-state index contributed by atoms with van der Waals surface area (Å²) in [5, 5.41) is 10.7. The van der Waals surface area contributed by atoms with E-state index < -0.39 is 148 Å². The number of likely N-dealkylation sites (N-methyl/N-ethyl adjacent to an activating group) is 1. The van der Waals surface area contributed by atoms with Gasteiger partial charge in [-0.3, -0.25) is 14.8 Å². The van der Waals surface area contributed by atoms with Gasteiger partial charge in [0.15, 0.2) is 1.41 Å². The van der Waals surface area contributed by atoms with E-state index in [4.69, 9.17) is 47.2 Å². The van der Waals surface area contributed by atoms with Crippen LogP contribution in [0.3, 0.4) is 0 Å². The molecule has 0 aliphatic heterocycles. The molecule has 10 heteroatoms. The van der Waals surface area contributed by atoms with E-state index in [-0.39, 0.29) is 17.5 Å². The van der Waals surface area contributed by atoms with Crippen molar-refractivity contribution in [3.63, 3.8) is 0 Å². The highest BCUT2D eigenvalue weighted by atomic mass is 35.5. The molecule has 210 valence electrons. The van der Waals surface area contributed by atoms with Crippen molar-refractivity contribution < 1.29 is 40.4 Å². The summed E-state index contributed by atoms with van der Waals surface area (Å²) >= 11 is 6.40. The molecule has 0 saturated heterocycles. The van der Waals surface area contributed by atoms with Gasteiger partial charge < -0.3 is 25.0 Å². The molecular weight excluding hydrogens is 540 g/mol. The van der Waals surface area contributed by atoms with Gasteiger partial charge >= 0.3 is 0 Å². The fraction of sp³-hybridized carbons (Fsp3) is 0.226. The van der Waals surface area contributed by atoms with Gasteiger partial charge in [0.2, 0.25) is 5.91 Å². The summed E-state index contributed by atoms with van der Waals surface area (Å²) < 4.78 is 168. The van der Waals surface area contributed by atoms with Crippen LogP contribution in [-0.4, -0.2) is 48.0 Å². The summed E-state index contributed by atoms with van der Waals surface area (Å²) in [6, 6.07) is -7.39. The van der Waals surface area contributed by atoms with Crippen molar-refractivity contribution in [3.05, 3.63) is 88.6 Å². The molecule has 0 saturated carbocycles. The zero-order valence-corrected chi connectivity index (χ0v) is 22.3. The molecule has 2 aromatic heterocycles. The molecule has 9 nitrogen and oxygen atoms in total. The summed E-state index contributed by atoms with van der Waals surface area (Å²) in [6.45, 7) is -9.44. The van der Waals surface area contributed by atoms with Crippen molar-refractivity contribution in [1.29, 1.82) is 5.26 Å². The number of anilines is 3. The second-order valence-electron chi connectivity index (χ2n) is 8.04. The molecule has 0 aliphatic rings. The van der Waals surface area contributed by atoms with Crippen molar-refractivity contribution >= 4 is 45.5 Å². The van der Waals surface area contributed by atoms with Crippen molar-refractivity contribution in [2.45, 2.75) is 20.3 Å². The molecule has 1 amide bonds. The lowest BCUT2D eigenvalue weighted by Gasteiger charge is -2.16. The Morgan fingerprint density at radius 1 is 1.29 bits per heavy atom. The maximum Gasteiger partial charge on any atom is 0.248 e. The Kier molecular flexibility index (Phi) is 4.43. The number of rotatable bonds is 11. The van der Waals surface area contributed by atoms with Crippen LogP contribution in [0.5, 0.6) is 11.5 Å². The van der Waals surface area contributed by atoms with Crippen LogP contribution in [0.15, 0.2) is 66.6 Å². The van der Waals surface area contributed by atoms with Crippen LogP contribution in [0.1, 0.15) is 48.5 Å². The lowest BCUT2D eigenvalue weighted by Crippen LogP contribution is -2.13. The second-order valence-corrected chi connectivity index (χ2v) is 8.42. The molecule has 0 radical (unpaired) electrons. The third-order valence-electron chi connectivity index (χ3n) is 4.71. The minimum atomic E-state index is -3.68. The van der Waals surface area contributed by atoms with Gasteiger partial charge in [-0.15, -0.1) is 0 Å². The van der Waals surface area contributed by atoms with Gasteiger partial charge in [-0.05, 0) is 64.1 Å². The molecule has 0 unspecified atom stereocenters. The van der Waals surface area contributed by atoms with E-state index in [0.717, 1.165) is 0 Å². The zero-order valence-electron chi connectivity index (χ0n) is 40.5. The molecular formula is C31H31ClN6O3. The molecule has 0 spiro atoms. The number of fused-ring (bicyclic) bond motifs is 1. The van der Waals surface area contributed by atoms with Gasteiger partial charge in [0, 0.05) is 45.7 Å². The Bertz CT molecular complexity index is 2500. The number of nitriles is 1. The van der Waals surface area contributed by atoms with E-state index in [1.54, 1.807) is 6.07 Å². The van der Waals surface area contributed by atoms with E-state index in [9.17, 15) is 10.1 Å². The lowest BCUT2D eigenvalue weighted by molar-refractivity contribution is -0.111. The molecule has 41 heavy (non-hydrogen) atoms. The Balaban J connectivity index is 2.06. The number of hydrogen-bond acceptors (Lipinski definition) is 8. The van der Waals surface area contributed by atoms with Crippen LogP contribution in [0, 0.1) is 18.3 Å². The third kappa shape index (κ3) is 7.72. The van der Waals surface area contributed by atoms with Crippen LogP contribution in [0.4, 0.5) is 17.1 Å². The minimum Gasteiger partial charge on any atom is -0.492 e. The van der Waals surface area contributed by atoms with E-state index in [1.807, 2.05) is 0 Å². The fourth-order valence-corrected chi connectivity index (χ4v) is 3.20. The van der Waals surface area contributed by atoms with Gasteiger partial charge in [-0.25, -0.2) is 0 Å². The summed E-state index contributed by atoms with van der Waals surface area (Å²) in [6.07, 6.45) is -0.958. The van der Waals surface area contributed by atoms with Gasteiger partial charge in [0.1, 0.15) is 24.1 Å². The Morgan fingerprint density at radius 2 is 2.15 bits per heavy atom. The third-order valence-corrected chi connectivity index (χ3v) is 4.98. The molecule has 2 N–H and O–H groups in total. The number of aryl methyl sites for hydroxylation is 1. The van der Waals surface area contributed by atoms with Crippen LogP contribution >= 0.6 is 11.6 Å². The molecule has 4 rings (SSSR count). The highest BCUT2D eigenvalue weighted by Gasteiger charge is 2.16. The first kappa shape index (κ1) is 13.3. The Morgan fingerprint density at radius 3 is 2.93 bits per heavy atom. The first-order valence-corrected chi connectivity index (χ1v) is 11.7. The van der Waals surface area contributed by atoms with E-state index in [2.05, 4.69) is 15.3 Å². The number of nitrogens with one attached hydrogen (secondary N) is 2. The Labute approximate surface area is 271 Å². The number of pyridine rings is 2. The number of ether oxygens (including phenoxy) is 2. The molecule has 0 aliphatic carbocycles. The number of hydrogen-bond donors (Lipinski definition) is 2.